The van der Waals surface area contributed by atoms with Gasteiger partial charge in [-0.15, -0.1) is 0 Å². The van der Waals surface area contributed by atoms with E-state index in [2.05, 4.69) is 27.0 Å². The van der Waals surface area contributed by atoms with Gasteiger partial charge in [0.25, 0.3) is 5.91 Å². The van der Waals surface area contributed by atoms with Gasteiger partial charge in [0.15, 0.2) is 0 Å². The zero-order valence-electron chi connectivity index (χ0n) is 20.9. The zero-order valence-corrected chi connectivity index (χ0v) is 20.9. The van der Waals surface area contributed by atoms with Crippen molar-refractivity contribution in [3.05, 3.63) is 30.0 Å². The number of H-pyrrole nitrogens is 1. The van der Waals surface area contributed by atoms with E-state index in [1.54, 1.807) is 13.2 Å². The van der Waals surface area contributed by atoms with Crippen LogP contribution in [0.5, 0.6) is 5.75 Å². The predicted octanol–water partition coefficient (Wildman–Crippen LogP) is 2.16. The lowest BCUT2D eigenvalue weighted by atomic mass is 9.76. The number of nitrogens with zero attached hydrogens (tertiary/aromatic N) is 1. The SMILES string of the molecule is COc1cccc2[nH]c(C(=O)NC(CC3CC3)C(=O)NC3(C#N)C[C@H]4C[C@@H]3C[C@H]4C(=O)NC(C)=O)cc12. The molecule has 5 atom stereocenters. The number of carbonyl (C=O) groups is 4. The van der Waals surface area contributed by atoms with Gasteiger partial charge in [-0.25, -0.2) is 0 Å². The minimum Gasteiger partial charge on any atom is -0.496 e. The molecule has 1 heterocycles. The van der Waals surface area contributed by atoms with Crippen molar-refractivity contribution in [2.24, 2.45) is 23.7 Å². The van der Waals surface area contributed by atoms with Gasteiger partial charge in [0.05, 0.1) is 13.2 Å². The second kappa shape index (κ2) is 9.54. The number of fused-ring (bicyclic) bond motifs is 3. The Morgan fingerprint density at radius 2 is 2.03 bits per heavy atom. The van der Waals surface area contributed by atoms with E-state index in [0.717, 1.165) is 23.7 Å². The Balaban J connectivity index is 1.29. The van der Waals surface area contributed by atoms with Crippen molar-refractivity contribution in [3.8, 4) is 11.8 Å². The van der Waals surface area contributed by atoms with Gasteiger partial charge in [0, 0.05) is 23.7 Å². The van der Waals surface area contributed by atoms with E-state index in [-0.39, 0.29) is 29.6 Å². The lowest BCUT2D eigenvalue weighted by molar-refractivity contribution is -0.133. The van der Waals surface area contributed by atoms with Gasteiger partial charge in [-0.1, -0.05) is 18.9 Å². The molecular weight excluding hydrogens is 474 g/mol. The Morgan fingerprint density at radius 3 is 2.65 bits per heavy atom. The monoisotopic (exact) mass is 505 g/mol. The number of hydrogen-bond donors (Lipinski definition) is 4. The summed E-state index contributed by atoms with van der Waals surface area (Å²) in [6.45, 7) is 1.30. The van der Waals surface area contributed by atoms with Gasteiger partial charge >= 0.3 is 0 Å². The summed E-state index contributed by atoms with van der Waals surface area (Å²) in [6.07, 6.45) is 3.94. The largest absolute Gasteiger partial charge is 0.496 e. The molecule has 0 radical (unpaired) electrons. The molecule has 0 saturated heterocycles. The van der Waals surface area contributed by atoms with E-state index in [0.29, 0.717) is 43.0 Å². The molecule has 2 unspecified atom stereocenters. The summed E-state index contributed by atoms with van der Waals surface area (Å²) >= 11 is 0. The average Bonchev–Trinajstić information content (AvgIpc) is 3.27. The number of ether oxygens (including phenoxy) is 1. The molecule has 194 valence electrons. The number of rotatable bonds is 8. The Kier molecular flexibility index (Phi) is 6.40. The third-order valence-electron chi connectivity index (χ3n) is 8.13. The number of aromatic amines is 1. The first-order valence-corrected chi connectivity index (χ1v) is 12.7. The van der Waals surface area contributed by atoms with E-state index in [1.165, 1.54) is 6.92 Å². The molecular formula is C27H31N5O5. The molecule has 3 aliphatic carbocycles. The van der Waals surface area contributed by atoms with E-state index >= 15 is 0 Å². The minimum atomic E-state index is -1.09. The summed E-state index contributed by atoms with van der Waals surface area (Å²) in [7, 11) is 1.57. The van der Waals surface area contributed by atoms with Crippen molar-refractivity contribution in [2.75, 3.05) is 7.11 Å². The maximum absolute atomic E-state index is 13.5. The number of carbonyl (C=O) groups excluding carboxylic acids is 4. The molecule has 10 nitrogen and oxygen atoms in total. The van der Waals surface area contributed by atoms with Crippen LogP contribution in [-0.4, -0.2) is 47.3 Å². The van der Waals surface area contributed by atoms with Crippen molar-refractivity contribution < 1.29 is 23.9 Å². The van der Waals surface area contributed by atoms with E-state index in [9.17, 15) is 24.4 Å². The molecule has 37 heavy (non-hydrogen) atoms. The summed E-state index contributed by atoms with van der Waals surface area (Å²) in [5, 5.41) is 19.1. The molecule has 2 aromatic rings. The number of imide groups is 1. The molecule has 4 amide bonds. The van der Waals surface area contributed by atoms with Crippen LogP contribution < -0.4 is 20.7 Å². The van der Waals surface area contributed by atoms with E-state index in [1.807, 2.05) is 18.2 Å². The summed E-state index contributed by atoms with van der Waals surface area (Å²) in [6, 6.07) is 8.72. The fourth-order valence-electron chi connectivity index (χ4n) is 6.13. The lowest BCUT2D eigenvalue weighted by Crippen LogP contribution is -2.58. The molecule has 10 heteroatoms. The van der Waals surface area contributed by atoms with E-state index in [4.69, 9.17) is 4.74 Å². The maximum atomic E-state index is 13.5. The van der Waals surface area contributed by atoms with Gasteiger partial charge < -0.3 is 20.4 Å². The first-order valence-electron chi connectivity index (χ1n) is 12.7. The smallest absolute Gasteiger partial charge is 0.268 e. The van der Waals surface area contributed by atoms with Crippen LogP contribution in [0.25, 0.3) is 10.9 Å². The fourth-order valence-corrected chi connectivity index (χ4v) is 6.13. The second-order valence-electron chi connectivity index (χ2n) is 10.7. The minimum absolute atomic E-state index is 0.0814. The van der Waals surface area contributed by atoms with Crippen molar-refractivity contribution in [2.45, 2.75) is 57.0 Å². The highest BCUT2D eigenvalue weighted by Crippen LogP contribution is 2.53. The summed E-state index contributed by atoms with van der Waals surface area (Å²) in [5.41, 5.74) is -0.0146. The number of aromatic nitrogens is 1. The van der Waals surface area contributed by atoms with Crippen LogP contribution in [0, 0.1) is 35.0 Å². The molecule has 1 aromatic heterocycles. The molecule has 3 aliphatic rings. The van der Waals surface area contributed by atoms with Crippen molar-refractivity contribution in [3.63, 3.8) is 0 Å². The number of nitriles is 1. The highest BCUT2D eigenvalue weighted by Gasteiger charge is 2.58. The van der Waals surface area contributed by atoms with Gasteiger partial charge in [0.1, 0.15) is 23.0 Å². The summed E-state index contributed by atoms with van der Waals surface area (Å²) < 4.78 is 5.38. The lowest BCUT2D eigenvalue weighted by Gasteiger charge is -2.36. The highest BCUT2D eigenvalue weighted by molar-refractivity contribution is 6.01. The Labute approximate surface area is 214 Å². The fraction of sp³-hybridized carbons (Fsp3) is 0.519. The van der Waals surface area contributed by atoms with Crippen molar-refractivity contribution in [1.29, 1.82) is 5.26 Å². The number of amides is 4. The molecule has 4 N–H and O–H groups in total. The Hall–Kier alpha value is -3.87. The van der Waals surface area contributed by atoms with Crippen LogP contribution in [-0.2, 0) is 14.4 Å². The number of hydrogen-bond acceptors (Lipinski definition) is 6. The molecule has 0 aliphatic heterocycles. The zero-order chi connectivity index (χ0) is 26.3. The summed E-state index contributed by atoms with van der Waals surface area (Å²) in [4.78, 5) is 53.4. The van der Waals surface area contributed by atoms with Crippen LogP contribution in [0.2, 0.25) is 0 Å². The third-order valence-corrected chi connectivity index (χ3v) is 8.13. The number of methoxy groups -OCH3 is 1. The van der Waals surface area contributed by atoms with Crippen LogP contribution in [0.4, 0.5) is 0 Å². The van der Waals surface area contributed by atoms with Gasteiger partial charge in [-0.2, -0.15) is 5.26 Å². The first-order chi connectivity index (χ1) is 17.7. The molecule has 0 spiro atoms. The van der Waals surface area contributed by atoms with Crippen molar-refractivity contribution in [1.82, 2.24) is 20.9 Å². The third kappa shape index (κ3) is 4.78. The van der Waals surface area contributed by atoms with Gasteiger partial charge in [0.2, 0.25) is 17.7 Å². The maximum Gasteiger partial charge on any atom is 0.268 e. The topological polar surface area (TPSA) is 153 Å². The van der Waals surface area contributed by atoms with Crippen LogP contribution in [0.3, 0.4) is 0 Å². The Morgan fingerprint density at radius 1 is 1.24 bits per heavy atom. The van der Waals surface area contributed by atoms with Crippen LogP contribution in [0.15, 0.2) is 24.3 Å². The quantitative estimate of drug-likeness (QED) is 0.431. The second-order valence-corrected chi connectivity index (χ2v) is 10.7. The van der Waals surface area contributed by atoms with Gasteiger partial charge in [-0.05, 0) is 61.6 Å². The molecule has 2 bridgehead atoms. The molecule has 3 fully saturated rings. The number of benzene rings is 1. The normalized spacial score (nSPS) is 26.8. The molecule has 3 saturated carbocycles. The Bertz CT molecular complexity index is 1310. The first kappa shape index (κ1) is 24.8. The van der Waals surface area contributed by atoms with Gasteiger partial charge in [-0.3, -0.25) is 24.5 Å². The van der Waals surface area contributed by atoms with Crippen LogP contribution in [0.1, 0.15) is 55.9 Å². The predicted molar refractivity (Wildman–Crippen MR) is 133 cm³/mol. The standard InChI is InChI=1S/C27H31N5O5/c1-14(33)29-24(34)18-10-17-9-16(18)12-27(17,13-28)32-26(36)21(8-15-6-7-15)31-25(35)22-11-19-20(30-22)4-3-5-23(19)37-2/h3-5,11,15-18,21,30H,6-10,12H2,1-2H3,(H,31,35)(H,32,36)(H,29,33,34)/t16-,17-,18-,21?,27?/m1/s1. The van der Waals surface area contributed by atoms with Crippen LogP contribution >= 0.6 is 0 Å². The number of nitrogens with one attached hydrogen (secondary N) is 4. The average molecular weight is 506 g/mol. The molecule has 1 aromatic carbocycles. The van der Waals surface area contributed by atoms with Crippen molar-refractivity contribution >= 4 is 34.5 Å². The molecule has 5 rings (SSSR count). The highest BCUT2D eigenvalue weighted by atomic mass is 16.5. The van der Waals surface area contributed by atoms with E-state index < -0.39 is 23.4 Å². The summed E-state index contributed by atoms with van der Waals surface area (Å²) in [5.74, 6) is -1.11.